The van der Waals surface area contributed by atoms with Gasteiger partial charge in [-0.3, -0.25) is 0 Å². The van der Waals surface area contributed by atoms with Crippen LogP contribution in [0.1, 0.15) is 5.56 Å². The molecule has 0 saturated carbocycles. The van der Waals surface area contributed by atoms with Crippen molar-refractivity contribution < 1.29 is 4.42 Å². The van der Waals surface area contributed by atoms with E-state index >= 15 is 0 Å². The Morgan fingerprint density at radius 2 is 1.33 bits per heavy atom. The third-order valence-electron chi connectivity index (χ3n) is 7.20. The molecule has 1 aliphatic rings. The number of hydrogen-bond donors (Lipinski definition) is 0. The Labute approximate surface area is 194 Å². The predicted octanol–water partition coefficient (Wildman–Crippen LogP) is 5.25. The van der Waals surface area contributed by atoms with Gasteiger partial charge in [0.1, 0.15) is 11.2 Å². The van der Waals surface area contributed by atoms with Crippen molar-refractivity contribution in [2.24, 2.45) is 0 Å². The highest BCUT2D eigenvalue weighted by Gasteiger charge is 2.50. The molecule has 156 valence electrons. The van der Waals surface area contributed by atoms with Gasteiger partial charge in [-0.15, -0.1) is 0 Å². The summed E-state index contributed by atoms with van der Waals surface area (Å²) in [5, 5.41) is 8.25. The van der Waals surface area contributed by atoms with Crippen LogP contribution < -0.4 is 20.7 Å². The monoisotopic (exact) mass is 438 g/mol. The van der Waals surface area contributed by atoms with Gasteiger partial charge in [0.25, 0.3) is 0 Å². The standard InChI is InChI=1S/C31H22OSi/c1-21-10-9-13-23(20-21)33(22-11-3-2-4-12-22)29-17-8-6-14-24(29)25-18-19-28-30(31(25)33)26-15-5-7-16-27(26)32-28/h2-20H,1H3. The molecule has 1 aromatic heterocycles. The molecule has 1 aliphatic heterocycles. The van der Waals surface area contributed by atoms with E-state index in [0.717, 1.165) is 11.2 Å². The third-order valence-corrected chi connectivity index (χ3v) is 12.1. The van der Waals surface area contributed by atoms with Gasteiger partial charge in [0.05, 0.1) is 0 Å². The Morgan fingerprint density at radius 3 is 2.21 bits per heavy atom. The van der Waals surface area contributed by atoms with Crippen LogP contribution in [0.5, 0.6) is 0 Å². The predicted molar refractivity (Wildman–Crippen MR) is 141 cm³/mol. The van der Waals surface area contributed by atoms with Crippen LogP contribution in [0.3, 0.4) is 0 Å². The molecule has 0 amide bonds. The van der Waals surface area contributed by atoms with E-state index in [1.54, 1.807) is 0 Å². The Kier molecular flexibility index (Phi) is 3.85. The molecule has 7 rings (SSSR count). The molecule has 0 radical (unpaired) electrons. The Morgan fingerprint density at radius 1 is 0.576 bits per heavy atom. The van der Waals surface area contributed by atoms with Crippen LogP contribution in [0.2, 0.25) is 0 Å². The number of hydrogen-bond acceptors (Lipinski definition) is 1. The van der Waals surface area contributed by atoms with Gasteiger partial charge in [-0.2, -0.15) is 0 Å². The summed E-state index contributed by atoms with van der Waals surface area (Å²) >= 11 is 0. The van der Waals surface area contributed by atoms with Crippen molar-refractivity contribution in [2.45, 2.75) is 6.92 Å². The zero-order chi connectivity index (χ0) is 22.0. The molecular weight excluding hydrogens is 416 g/mol. The zero-order valence-electron chi connectivity index (χ0n) is 18.4. The fourth-order valence-corrected chi connectivity index (χ4v) is 11.5. The molecule has 2 heteroatoms. The molecular formula is C31H22OSi. The van der Waals surface area contributed by atoms with Gasteiger partial charge < -0.3 is 4.42 Å². The molecule has 0 bridgehead atoms. The fraction of sp³-hybridized carbons (Fsp3) is 0.0323. The van der Waals surface area contributed by atoms with Gasteiger partial charge in [0.15, 0.2) is 8.07 Å². The highest BCUT2D eigenvalue weighted by atomic mass is 28.3. The summed E-state index contributed by atoms with van der Waals surface area (Å²) in [6.45, 7) is 2.20. The summed E-state index contributed by atoms with van der Waals surface area (Å²) in [6, 6.07) is 42.3. The lowest BCUT2D eigenvalue weighted by Gasteiger charge is -2.32. The summed E-state index contributed by atoms with van der Waals surface area (Å²) in [7, 11) is -2.56. The SMILES string of the molecule is Cc1cccc([Si]2(c3ccccc3)c3ccccc3-c3ccc4oc5ccccc5c4c32)c1. The molecule has 1 atom stereocenters. The van der Waals surface area contributed by atoms with Crippen molar-refractivity contribution in [3.63, 3.8) is 0 Å². The fourth-order valence-electron chi connectivity index (χ4n) is 5.94. The first-order valence-corrected chi connectivity index (χ1v) is 13.5. The van der Waals surface area contributed by atoms with Crippen molar-refractivity contribution >= 4 is 50.8 Å². The lowest BCUT2D eigenvalue weighted by Crippen LogP contribution is -2.73. The molecule has 5 aromatic carbocycles. The first-order valence-electron chi connectivity index (χ1n) is 11.5. The summed E-state index contributed by atoms with van der Waals surface area (Å²) in [5.41, 5.74) is 5.93. The minimum absolute atomic E-state index is 0.956. The maximum atomic E-state index is 6.39. The molecule has 33 heavy (non-hydrogen) atoms. The van der Waals surface area contributed by atoms with Crippen LogP contribution >= 0.6 is 0 Å². The van der Waals surface area contributed by atoms with E-state index in [2.05, 4.69) is 122 Å². The van der Waals surface area contributed by atoms with E-state index in [4.69, 9.17) is 4.42 Å². The second kappa shape index (κ2) is 6.81. The van der Waals surface area contributed by atoms with E-state index in [9.17, 15) is 0 Å². The summed E-state index contributed by atoms with van der Waals surface area (Å²) in [6.07, 6.45) is 0. The van der Waals surface area contributed by atoms with Gasteiger partial charge in [-0.05, 0) is 50.9 Å². The number of fused-ring (bicyclic) bond motifs is 7. The lowest BCUT2D eigenvalue weighted by molar-refractivity contribution is 0.669. The van der Waals surface area contributed by atoms with E-state index in [1.165, 1.54) is 48.2 Å². The lowest BCUT2D eigenvalue weighted by atomic mass is 10.0. The molecule has 0 saturated heterocycles. The molecule has 0 aliphatic carbocycles. The average Bonchev–Trinajstić information content (AvgIpc) is 3.38. The Balaban J connectivity index is 1.77. The maximum absolute atomic E-state index is 6.39. The van der Waals surface area contributed by atoms with Gasteiger partial charge in [0, 0.05) is 10.8 Å². The van der Waals surface area contributed by atoms with E-state index < -0.39 is 8.07 Å². The number of rotatable bonds is 2. The molecule has 1 nitrogen and oxygen atoms in total. The molecule has 1 unspecified atom stereocenters. The molecule has 0 N–H and O–H groups in total. The first-order chi connectivity index (χ1) is 16.3. The zero-order valence-corrected chi connectivity index (χ0v) is 19.4. The highest BCUT2D eigenvalue weighted by molar-refractivity contribution is 7.23. The van der Waals surface area contributed by atoms with Crippen LogP contribution in [0.15, 0.2) is 120 Å². The van der Waals surface area contributed by atoms with Crippen LogP contribution in [0, 0.1) is 6.92 Å². The molecule has 0 fully saturated rings. The normalized spacial score (nSPS) is 16.8. The molecule has 6 aromatic rings. The second-order valence-corrected chi connectivity index (χ2v) is 12.7. The van der Waals surface area contributed by atoms with Gasteiger partial charge >= 0.3 is 0 Å². The Hall–Kier alpha value is -3.88. The summed E-state index contributed by atoms with van der Waals surface area (Å²) in [5.74, 6) is 0. The van der Waals surface area contributed by atoms with E-state index in [0.29, 0.717) is 0 Å². The molecule has 0 spiro atoms. The molecule has 2 heterocycles. The number of para-hydroxylation sites is 1. The second-order valence-electron chi connectivity index (χ2n) is 8.99. The van der Waals surface area contributed by atoms with Crippen LogP contribution in [0.4, 0.5) is 0 Å². The van der Waals surface area contributed by atoms with Crippen LogP contribution in [-0.4, -0.2) is 8.07 Å². The van der Waals surface area contributed by atoms with Crippen molar-refractivity contribution in [1.29, 1.82) is 0 Å². The summed E-state index contributed by atoms with van der Waals surface area (Å²) < 4.78 is 6.39. The van der Waals surface area contributed by atoms with Gasteiger partial charge in [-0.1, -0.05) is 109 Å². The van der Waals surface area contributed by atoms with E-state index in [-0.39, 0.29) is 0 Å². The number of furan rings is 1. The Bertz CT molecular complexity index is 1680. The average molecular weight is 439 g/mol. The maximum Gasteiger partial charge on any atom is 0.181 e. The van der Waals surface area contributed by atoms with Crippen molar-refractivity contribution in [1.82, 2.24) is 0 Å². The van der Waals surface area contributed by atoms with Gasteiger partial charge in [-0.25, -0.2) is 0 Å². The van der Waals surface area contributed by atoms with Crippen molar-refractivity contribution in [3.8, 4) is 11.1 Å². The summed E-state index contributed by atoms with van der Waals surface area (Å²) in [4.78, 5) is 0. The van der Waals surface area contributed by atoms with Crippen molar-refractivity contribution in [2.75, 3.05) is 0 Å². The van der Waals surface area contributed by atoms with Gasteiger partial charge in [0.2, 0.25) is 0 Å². The quantitative estimate of drug-likeness (QED) is 0.336. The van der Waals surface area contributed by atoms with Crippen molar-refractivity contribution in [3.05, 3.63) is 121 Å². The largest absolute Gasteiger partial charge is 0.456 e. The highest BCUT2D eigenvalue weighted by Crippen LogP contribution is 2.36. The first kappa shape index (κ1) is 18.7. The smallest absolute Gasteiger partial charge is 0.181 e. The van der Waals surface area contributed by atoms with E-state index in [1.807, 2.05) is 0 Å². The number of aryl methyl sites for hydroxylation is 1. The third kappa shape index (κ3) is 2.41. The minimum Gasteiger partial charge on any atom is -0.456 e. The van der Waals surface area contributed by atoms with Crippen LogP contribution in [-0.2, 0) is 0 Å². The minimum atomic E-state index is -2.56. The topological polar surface area (TPSA) is 13.1 Å². The van der Waals surface area contributed by atoms with Crippen LogP contribution in [0.25, 0.3) is 33.1 Å². The number of benzene rings is 5.